The standard InChI is InChI=1S/C11H16O2/c1-4-6-10(7-5-2)11(13)8-9(3)12/h4-5,10H,1-2,6-8H2,3H3. The van der Waals surface area contributed by atoms with E-state index >= 15 is 0 Å². The molecule has 0 aromatic heterocycles. The molecule has 0 heterocycles. The van der Waals surface area contributed by atoms with E-state index in [0.717, 1.165) is 0 Å². The highest BCUT2D eigenvalue weighted by molar-refractivity contribution is 5.99. The Morgan fingerprint density at radius 3 is 2.00 bits per heavy atom. The zero-order chi connectivity index (χ0) is 10.3. The van der Waals surface area contributed by atoms with Gasteiger partial charge in [-0.25, -0.2) is 0 Å². The van der Waals surface area contributed by atoms with Crippen LogP contribution in [0.2, 0.25) is 0 Å². The van der Waals surface area contributed by atoms with E-state index in [4.69, 9.17) is 0 Å². The molecule has 0 saturated heterocycles. The first-order valence-electron chi connectivity index (χ1n) is 4.35. The number of hydrogen-bond acceptors (Lipinski definition) is 2. The van der Waals surface area contributed by atoms with Crippen LogP contribution < -0.4 is 0 Å². The molecule has 0 unspecified atom stereocenters. The van der Waals surface area contributed by atoms with Gasteiger partial charge in [0.05, 0.1) is 6.42 Å². The summed E-state index contributed by atoms with van der Waals surface area (Å²) in [5, 5.41) is 0. The van der Waals surface area contributed by atoms with Gasteiger partial charge in [-0.15, -0.1) is 13.2 Å². The molecule has 0 spiro atoms. The lowest BCUT2D eigenvalue weighted by Gasteiger charge is -2.09. The lowest BCUT2D eigenvalue weighted by molar-refractivity contribution is -0.128. The van der Waals surface area contributed by atoms with E-state index in [1.807, 2.05) is 0 Å². The first-order chi connectivity index (χ1) is 6.11. The molecule has 0 N–H and O–H groups in total. The van der Waals surface area contributed by atoms with Crippen LogP contribution in [-0.2, 0) is 9.59 Å². The number of allylic oxidation sites excluding steroid dienone is 2. The number of carbonyl (C=O) groups excluding carboxylic acids is 2. The van der Waals surface area contributed by atoms with E-state index in [1.165, 1.54) is 6.92 Å². The molecule has 0 atom stereocenters. The zero-order valence-corrected chi connectivity index (χ0v) is 8.08. The first-order valence-corrected chi connectivity index (χ1v) is 4.35. The smallest absolute Gasteiger partial charge is 0.143 e. The maximum absolute atomic E-state index is 11.4. The molecule has 13 heavy (non-hydrogen) atoms. The van der Waals surface area contributed by atoms with Crippen LogP contribution in [0.5, 0.6) is 0 Å². The van der Waals surface area contributed by atoms with Gasteiger partial charge in [0.15, 0.2) is 0 Å². The number of rotatable bonds is 7. The van der Waals surface area contributed by atoms with Gasteiger partial charge in [-0.2, -0.15) is 0 Å². The van der Waals surface area contributed by atoms with E-state index in [2.05, 4.69) is 13.2 Å². The highest BCUT2D eigenvalue weighted by Gasteiger charge is 2.16. The minimum absolute atomic E-state index is 0.00713. The predicted octanol–water partition coefficient (Wildman–Crippen LogP) is 2.30. The molecule has 0 aliphatic rings. The molecule has 0 aromatic carbocycles. The monoisotopic (exact) mass is 180 g/mol. The highest BCUT2D eigenvalue weighted by atomic mass is 16.1. The SMILES string of the molecule is C=CCC(CC=C)C(=O)CC(C)=O. The van der Waals surface area contributed by atoms with Crippen LogP contribution in [0.25, 0.3) is 0 Å². The van der Waals surface area contributed by atoms with Crippen LogP contribution in [0.1, 0.15) is 26.2 Å². The average molecular weight is 180 g/mol. The van der Waals surface area contributed by atoms with Gasteiger partial charge in [0.1, 0.15) is 11.6 Å². The molecule has 0 amide bonds. The van der Waals surface area contributed by atoms with Crippen molar-refractivity contribution in [1.82, 2.24) is 0 Å². The van der Waals surface area contributed by atoms with Crippen LogP contribution in [0.3, 0.4) is 0 Å². The second-order valence-electron chi connectivity index (χ2n) is 3.09. The second-order valence-corrected chi connectivity index (χ2v) is 3.09. The number of ketones is 2. The van der Waals surface area contributed by atoms with Crippen molar-refractivity contribution >= 4 is 11.6 Å². The Hall–Kier alpha value is -1.18. The minimum Gasteiger partial charge on any atom is -0.300 e. The van der Waals surface area contributed by atoms with E-state index in [9.17, 15) is 9.59 Å². The Kier molecular flexibility index (Phi) is 5.77. The molecule has 0 aliphatic carbocycles. The summed E-state index contributed by atoms with van der Waals surface area (Å²) in [6.45, 7) is 8.57. The van der Waals surface area contributed by atoms with Crippen molar-refractivity contribution in [2.24, 2.45) is 5.92 Å². The summed E-state index contributed by atoms with van der Waals surface area (Å²) in [7, 11) is 0. The predicted molar refractivity (Wildman–Crippen MR) is 53.4 cm³/mol. The van der Waals surface area contributed by atoms with Gasteiger partial charge in [0.25, 0.3) is 0 Å². The normalized spacial score (nSPS) is 9.69. The molecule has 72 valence electrons. The summed E-state index contributed by atoms with van der Waals surface area (Å²) in [6.07, 6.45) is 4.68. The van der Waals surface area contributed by atoms with Crippen molar-refractivity contribution in [3.8, 4) is 0 Å². The van der Waals surface area contributed by atoms with Gasteiger partial charge in [-0.1, -0.05) is 12.2 Å². The Bertz CT molecular complexity index is 206. The van der Waals surface area contributed by atoms with Crippen LogP contribution in [0.15, 0.2) is 25.3 Å². The van der Waals surface area contributed by atoms with Crippen LogP contribution >= 0.6 is 0 Å². The fourth-order valence-corrected chi connectivity index (χ4v) is 1.15. The Labute approximate surface area is 79.3 Å². The molecular formula is C11H16O2. The van der Waals surface area contributed by atoms with Crippen LogP contribution in [-0.4, -0.2) is 11.6 Å². The summed E-state index contributed by atoms with van der Waals surface area (Å²) in [6, 6.07) is 0. The highest BCUT2D eigenvalue weighted by Crippen LogP contribution is 2.13. The topological polar surface area (TPSA) is 34.1 Å². The van der Waals surface area contributed by atoms with Crippen LogP contribution in [0.4, 0.5) is 0 Å². The van der Waals surface area contributed by atoms with Crippen molar-refractivity contribution in [2.45, 2.75) is 26.2 Å². The van der Waals surface area contributed by atoms with Gasteiger partial charge in [-0.3, -0.25) is 9.59 Å². The van der Waals surface area contributed by atoms with Crippen molar-refractivity contribution < 1.29 is 9.59 Å². The van der Waals surface area contributed by atoms with E-state index in [1.54, 1.807) is 12.2 Å². The third-order valence-electron chi connectivity index (χ3n) is 1.78. The van der Waals surface area contributed by atoms with Gasteiger partial charge >= 0.3 is 0 Å². The van der Waals surface area contributed by atoms with E-state index in [0.29, 0.717) is 12.8 Å². The van der Waals surface area contributed by atoms with Gasteiger partial charge in [0, 0.05) is 5.92 Å². The number of carbonyl (C=O) groups is 2. The van der Waals surface area contributed by atoms with Gasteiger partial charge in [-0.05, 0) is 19.8 Å². The summed E-state index contributed by atoms with van der Waals surface area (Å²) in [5.74, 6) is -0.200. The fourth-order valence-electron chi connectivity index (χ4n) is 1.15. The number of Topliss-reactive ketones (excluding diaryl/α,β-unsaturated/α-hetero) is 2. The van der Waals surface area contributed by atoms with Crippen molar-refractivity contribution in [3.05, 3.63) is 25.3 Å². The van der Waals surface area contributed by atoms with Crippen LogP contribution in [0, 0.1) is 5.92 Å². The van der Waals surface area contributed by atoms with Crippen molar-refractivity contribution in [1.29, 1.82) is 0 Å². The molecule has 0 aromatic rings. The third-order valence-corrected chi connectivity index (χ3v) is 1.78. The molecule has 0 rings (SSSR count). The minimum atomic E-state index is -0.112. The molecule has 0 fully saturated rings. The lowest BCUT2D eigenvalue weighted by Crippen LogP contribution is -2.15. The fraction of sp³-hybridized carbons (Fsp3) is 0.455. The average Bonchev–Trinajstić information content (AvgIpc) is 2.02. The third kappa shape index (κ3) is 5.12. The molecule has 0 saturated carbocycles. The largest absolute Gasteiger partial charge is 0.300 e. The van der Waals surface area contributed by atoms with Crippen molar-refractivity contribution in [3.63, 3.8) is 0 Å². The molecule has 0 aliphatic heterocycles. The van der Waals surface area contributed by atoms with Crippen molar-refractivity contribution in [2.75, 3.05) is 0 Å². The molecular weight excluding hydrogens is 164 g/mol. The first kappa shape index (κ1) is 11.8. The Morgan fingerprint density at radius 2 is 1.69 bits per heavy atom. The maximum atomic E-state index is 11.4. The molecule has 0 radical (unpaired) electrons. The van der Waals surface area contributed by atoms with E-state index in [-0.39, 0.29) is 23.9 Å². The summed E-state index contributed by atoms with van der Waals surface area (Å²) < 4.78 is 0. The molecule has 0 bridgehead atoms. The van der Waals surface area contributed by atoms with E-state index < -0.39 is 0 Å². The lowest BCUT2D eigenvalue weighted by atomic mass is 9.93. The maximum Gasteiger partial charge on any atom is 0.143 e. The quantitative estimate of drug-likeness (QED) is 0.445. The second kappa shape index (κ2) is 6.35. The zero-order valence-electron chi connectivity index (χ0n) is 8.08. The summed E-state index contributed by atoms with van der Waals surface area (Å²) in [5.41, 5.74) is 0. The number of hydrogen-bond donors (Lipinski definition) is 0. The summed E-state index contributed by atoms with van der Waals surface area (Å²) in [4.78, 5) is 22.1. The molecule has 2 heteroatoms. The summed E-state index contributed by atoms with van der Waals surface area (Å²) >= 11 is 0. The molecule has 2 nitrogen and oxygen atoms in total. The van der Waals surface area contributed by atoms with Gasteiger partial charge in [0.2, 0.25) is 0 Å². The van der Waals surface area contributed by atoms with Gasteiger partial charge < -0.3 is 0 Å². The Morgan fingerprint density at radius 1 is 1.23 bits per heavy atom. The Balaban J connectivity index is 4.17.